The van der Waals surface area contributed by atoms with Crippen molar-refractivity contribution in [2.75, 3.05) is 31.1 Å². The van der Waals surface area contributed by atoms with E-state index in [1.165, 1.54) is 5.69 Å². The molecule has 3 aromatic rings. The zero-order chi connectivity index (χ0) is 21.3. The predicted molar refractivity (Wildman–Crippen MR) is 123 cm³/mol. The third kappa shape index (κ3) is 4.40. The summed E-state index contributed by atoms with van der Waals surface area (Å²) in [4.78, 5) is 17.7. The Morgan fingerprint density at radius 1 is 1.13 bits per heavy atom. The average Bonchev–Trinajstić information content (AvgIpc) is 3.03. The molecule has 1 atom stereocenters. The highest BCUT2D eigenvalue weighted by atomic mass is 35.5. The van der Waals surface area contributed by atoms with E-state index < -0.39 is 0 Å². The Morgan fingerprint density at radius 2 is 1.97 bits per heavy atom. The van der Waals surface area contributed by atoms with Gasteiger partial charge in [0, 0.05) is 49.1 Å². The first-order valence-electron chi connectivity index (χ1n) is 10.6. The second-order valence-electron chi connectivity index (χ2n) is 8.99. The van der Waals surface area contributed by atoms with Crippen LogP contribution in [0.5, 0.6) is 0 Å². The molecule has 6 nitrogen and oxygen atoms in total. The van der Waals surface area contributed by atoms with Crippen molar-refractivity contribution in [3.05, 3.63) is 64.2 Å². The second-order valence-corrected chi connectivity index (χ2v) is 9.43. The Hall–Kier alpha value is -2.31. The highest BCUT2D eigenvalue weighted by Crippen LogP contribution is 2.27. The van der Waals surface area contributed by atoms with Gasteiger partial charge in [0.2, 0.25) is 0 Å². The van der Waals surface area contributed by atoms with Gasteiger partial charge in [0.15, 0.2) is 5.65 Å². The molecule has 3 heterocycles. The van der Waals surface area contributed by atoms with Crippen LogP contribution in [0, 0.1) is 5.41 Å². The van der Waals surface area contributed by atoms with Gasteiger partial charge in [0.1, 0.15) is 0 Å². The summed E-state index contributed by atoms with van der Waals surface area (Å²) >= 11 is 6.20. The van der Waals surface area contributed by atoms with Crippen LogP contribution in [0.25, 0.3) is 5.65 Å². The van der Waals surface area contributed by atoms with Crippen LogP contribution in [-0.4, -0.2) is 51.3 Å². The van der Waals surface area contributed by atoms with E-state index in [0.717, 1.165) is 37.6 Å². The molecule has 160 valence electrons. The number of aromatic nitrogens is 3. The van der Waals surface area contributed by atoms with Crippen LogP contribution in [0.15, 0.2) is 53.5 Å². The predicted octanol–water partition coefficient (Wildman–Crippen LogP) is 3.78. The molecule has 0 amide bonds. The third-order valence-corrected chi connectivity index (χ3v) is 6.18. The zero-order valence-electron chi connectivity index (χ0n) is 18.0. The van der Waals surface area contributed by atoms with Gasteiger partial charge in [-0.15, -0.1) is 5.10 Å². The number of anilines is 1. The summed E-state index contributed by atoms with van der Waals surface area (Å²) in [6, 6.07) is 14.2. The van der Waals surface area contributed by atoms with Gasteiger partial charge in [0.05, 0.1) is 6.54 Å². The molecule has 7 heteroatoms. The van der Waals surface area contributed by atoms with Crippen molar-refractivity contribution in [3.8, 4) is 0 Å². The van der Waals surface area contributed by atoms with Crippen molar-refractivity contribution in [1.82, 2.24) is 19.1 Å². The highest BCUT2D eigenvalue weighted by molar-refractivity contribution is 6.30. The minimum Gasteiger partial charge on any atom is -0.369 e. The summed E-state index contributed by atoms with van der Waals surface area (Å²) in [5.41, 5.74) is 1.74. The van der Waals surface area contributed by atoms with Crippen LogP contribution in [0.2, 0.25) is 5.02 Å². The Balaban J connectivity index is 1.45. The molecule has 4 rings (SSSR count). The molecule has 2 aromatic heterocycles. The lowest BCUT2D eigenvalue weighted by atomic mass is 9.91. The summed E-state index contributed by atoms with van der Waals surface area (Å²) in [5.74, 6) is 0. The number of piperazine rings is 1. The van der Waals surface area contributed by atoms with Crippen molar-refractivity contribution in [3.63, 3.8) is 0 Å². The number of fused-ring (bicyclic) bond motifs is 1. The topological polar surface area (TPSA) is 45.8 Å². The van der Waals surface area contributed by atoms with Crippen LogP contribution in [-0.2, 0) is 6.54 Å². The average molecular weight is 428 g/mol. The molecule has 0 radical (unpaired) electrons. The van der Waals surface area contributed by atoms with Crippen LogP contribution in [0.3, 0.4) is 0 Å². The van der Waals surface area contributed by atoms with E-state index in [9.17, 15) is 4.79 Å². The number of hydrogen-bond donors (Lipinski definition) is 0. The Labute approximate surface area is 182 Å². The second kappa shape index (κ2) is 8.44. The van der Waals surface area contributed by atoms with Gasteiger partial charge in [-0.2, -0.15) is 0 Å². The maximum absolute atomic E-state index is 12.7. The lowest BCUT2D eigenvalue weighted by Crippen LogP contribution is -2.55. The summed E-state index contributed by atoms with van der Waals surface area (Å²) in [6.07, 6.45) is 2.86. The molecule has 0 aliphatic carbocycles. The number of rotatable bonds is 6. The molecule has 1 aromatic carbocycles. The Kier molecular flexibility index (Phi) is 5.89. The summed E-state index contributed by atoms with van der Waals surface area (Å²) < 4.78 is 3.22. The first-order chi connectivity index (χ1) is 14.4. The molecular weight excluding hydrogens is 398 g/mol. The molecule has 1 aliphatic rings. The molecule has 1 fully saturated rings. The minimum absolute atomic E-state index is 0.0727. The van der Waals surface area contributed by atoms with E-state index in [2.05, 4.69) is 41.7 Å². The van der Waals surface area contributed by atoms with Crippen molar-refractivity contribution >= 4 is 22.9 Å². The van der Waals surface area contributed by atoms with Crippen LogP contribution in [0.4, 0.5) is 5.69 Å². The number of benzene rings is 1. The number of nitrogens with zero attached hydrogens (tertiary/aromatic N) is 5. The van der Waals surface area contributed by atoms with Crippen LogP contribution in [0.1, 0.15) is 27.2 Å². The van der Waals surface area contributed by atoms with Crippen molar-refractivity contribution in [2.24, 2.45) is 5.41 Å². The van der Waals surface area contributed by atoms with E-state index in [1.54, 1.807) is 15.3 Å². The Morgan fingerprint density at radius 3 is 2.70 bits per heavy atom. The molecule has 0 N–H and O–H groups in total. The van der Waals surface area contributed by atoms with E-state index in [1.807, 2.05) is 36.4 Å². The summed E-state index contributed by atoms with van der Waals surface area (Å²) in [7, 11) is 0. The normalized spacial score (nSPS) is 18.3. The van der Waals surface area contributed by atoms with Gasteiger partial charge in [-0.25, -0.2) is 9.48 Å². The smallest absolute Gasteiger partial charge is 0.350 e. The molecule has 1 aliphatic heterocycles. The summed E-state index contributed by atoms with van der Waals surface area (Å²) in [5, 5.41) is 5.30. The van der Waals surface area contributed by atoms with E-state index in [-0.39, 0.29) is 11.1 Å². The maximum atomic E-state index is 12.7. The first-order valence-corrected chi connectivity index (χ1v) is 11.0. The van der Waals surface area contributed by atoms with Crippen molar-refractivity contribution < 1.29 is 0 Å². The number of halogens is 1. The lowest BCUT2D eigenvalue weighted by molar-refractivity contribution is 0.100. The largest absolute Gasteiger partial charge is 0.369 e. The standard InChI is InChI=1S/C23H30ClN5O/c1-4-19-15-26(20-9-7-8-18(24)14-20)12-13-27(19)16-23(2,3)17-29-22(30)28-11-6-5-10-21(28)25-29/h5-11,14,19H,4,12-13,15-17H2,1-3H3. The highest BCUT2D eigenvalue weighted by Gasteiger charge is 2.31. The zero-order valence-corrected chi connectivity index (χ0v) is 18.7. The van der Waals surface area contributed by atoms with E-state index in [0.29, 0.717) is 18.2 Å². The van der Waals surface area contributed by atoms with Gasteiger partial charge in [0.25, 0.3) is 0 Å². The third-order valence-electron chi connectivity index (χ3n) is 5.95. The van der Waals surface area contributed by atoms with Gasteiger partial charge in [-0.05, 0) is 42.2 Å². The summed E-state index contributed by atoms with van der Waals surface area (Å²) in [6.45, 7) is 11.2. The maximum Gasteiger partial charge on any atom is 0.350 e. The number of pyridine rings is 1. The first kappa shape index (κ1) is 20.9. The van der Waals surface area contributed by atoms with Crippen LogP contribution >= 0.6 is 11.6 Å². The fraction of sp³-hybridized carbons (Fsp3) is 0.478. The SMILES string of the molecule is CCC1CN(c2cccc(Cl)c2)CCN1CC(C)(C)Cn1nc2ccccn2c1=O. The number of hydrogen-bond acceptors (Lipinski definition) is 4. The van der Waals surface area contributed by atoms with Gasteiger partial charge >= 0.3 is 5.69 Å². The fourth-order valence-electron chi connectivity index (χ4n) is 4.47. The molecule has 0 bridgehead atoms. The quantitative estimate of drug-likeness (QED) is 0.600. The van der Waals surface area contributed by atoms with E-state index >= 15 is 0 Å². The van der Waals surface area contributed by atoms with Crippen molar-refractivity contribution in [1.29, 1.82) is 0 Å². The fourth-order valence-corrected chi connectivity index (χ4v) is 4.66. The molecule has 30 heavy (non-hydrogen) atoms. The molecule has 0 spiro atoms. The molecule has 1 unspecified atom stereocenters. The lowest BCUT2D eigenvalue weighted by Gasteiger charge is -2.45. The molecular formula is C23H30ClN5O. The van der Waals surface area contributed by atoms with E-state index in [4.69, 9.17) is 11.6 Å². The molecule has 1 saturated heterocycles. The molecule has 0 saturated carbocycles. The van der Waals surface area contributed by atoms with Gasteiger partial charge in [-0.3, -0.25) is 9.30 Å². The minimum atomic E-state index is -0.0760. The van der Waals surface area contributed by atoms with Gasteiger partial charge < -0.3 is 4.90 Å². The van der Waals surface area contributed by atoms with Crippen LogP contribution < -0.4 is 10.6 Å². The Bertz CT molecular complexity index is 1070. The van der Waals surface area contributed by atoms with Gasteiger partial charge in [-0.1, -0.05) is 44.5 Å². The monoisotopic (exact) mass is 427 g/mol. The van der Waals surface area contributed by atoms with Crippen molar-refractivity contribution in [2.45, 2.75) is 39.8 Å².